The second-order valence-corrected chi connectivity index (χ2v) is 4.22. The number of aliphatic hydroxyl groups is 1. The van der Waals surface area contributed by atoms with Gasteiger partial charge >= 0.3 is 0 Å². The van der Waals surface area contributed by atoms with Crippen molar-refractivity contribution in [3.63, 3.8) is 0 Å². The smallest absolute Gasteiger partial charge is 0.197 e. The van der Waals surface area contributed by atoms with Crippen LogP contribution in [0.1, 0.15) is 11.1 Å². The van der Waals surface area contributed by atoms with Gasteiger partial charge in [0.15, 0.2) is 11.8 Å². The molecule has 1 aromatic heterocycles. The molecule has 0 radical (unpaired) electrons. The zero-order valence-electron chi connectivity index (χ0n) is 10.1. The Morgan fingerprint density at radius 1 is 0.947 bits per heavy atom. The number of phenols is 2. The van der Waals surface area contributed by atoms with Crippen molar-refractivity contribution in [1.82, 2.24) is 4.57 Å². The first-order valence-corrected chi connectivity index (χ1v) is 5.75. The first-order chi connectivity index (χ1) is 9.02. The highest BCUT2D eigenvalue weighted by atomic mass is 16.3. The zero-order chi connectivity index (χ0) is 14.0. The minimum absolute atomic E-state index is 0.0498. The van der Waals surface area contributed by atoms with Crippen LogP contribution >= 0.6 is 0 Å². The fourth-order valence-corrected chi connectivity index (χ4v) is 1.94. The molecule has 0 saturated carbocycles. The maximum absolute atomic E-state index is 9.91. The lowest BCUT2D eigenvalue weighted by Gasteiger charge is -2.06. The van der Waals surface area contributed by atoms with E-state index in [0.29, 0.717) is 11.1 Å². The second-order valence-electron chi connectivity index (χ2n) is 4.22. The molecule has 19 heavy (non-hydrogen) atoms. The standard InChI is InChI=1S/C13H15NO5/c15-4-3-14-12(18)6-9(13(14)19)5-8-1-2-10(16)7-11(8)17/h1-2,6-7,15-19H,3-5H2. The molecule has 6 nitrogen and oxygen atoms in total. The van der Waals surface area contributed by atoms with Gasteiger partial charge in [-0.15, -0.1) is 0 Å². The van der Waals surface area contributed by atoms with Gasteiger partial charge in [-0.25, -0.2) is 0 Å². The molecule has 0 aliphatic rings. The van der Waals surface area contributed by atoms with Gasteiger partial charge in [-0.3, -0.25) is 4.57 Å². The summed E-state index contributed by atoms with van der Waals surface area (Å²) in [4.78, 5) is 0. The number of aromatic hydroxyl groups is 4. The van der Waals surface area contributed by atoms with E-state index in [4.69, 9.17) is 5.11 Å². The van der Waals surface area contributed by atoms with Crippen LogP contribution in [0.5, 0.6) is 23.3 Å². The lowest BCUT2D eigenvalue weighted by molar-refractivity contribution is 0.256. The van der Waals surface area contributed by atoms with Crippen LogP contribution in [0.15, 0.2) is 24.3 Å². The molecule has 5 N–H and O–H groups in total. The van der Waals surface area contributed by atoms with Gasteiger partial charge < -0.3 is 25.5 Å². The lowest BCUT2D eigenvalue weighted by Crippen LogP contribution is -2.00. The molecule has 102 valence electrons. The average molecular weight is 265 g/mol. The van der Waals surface area contributed by atoms with Crippen molar-refractivity contribution in [1.29, 1.82) is 0 Å². The van der Waals surface area contributed by atoms with Crippen molar-refractivity contribution in [3.8, 4) is 23.3 Å². The van der Waals surface area contributed by atoms with Gasteiger partial charge in [-0.2, -0.15) is 0 Å². The topological polar surface area (TPSA) is 106 Å². The summed E-state index contributed by atoms with van der Waals surface area (Å²) >= 11 is 0. The molecule has 0 saturated heterocycles. The van der Waals surface area contributed by atoms with Gasteiger partial charge in [-0.1, -0.05) is 6.07 Å². The molecule has 0 aliphatic heterocycles. The lowest BCUT2D eigenvalue weighted by atomic mass is 10.1. The van der Waals surface area contributed by atoms with Crippen LogP contribution in [0.4, 0.5) is 0 Å². The predicted octanol–water partition coefficient (Wildman–Crippen LogP) is 0.894. The molecule has 0 aliphatic carbocycles. The van der Waals surface area contributed by atoms with Gasteiger partial charge in [0.25, 0.3) is 0 Å². The molecule has 0 bridgehead atoms. The molecule has 2 rings (SSSR count). The summed E-state index contributed by atoms with van der Waals surface area (Å²) in [5.41, 5.74) is 0.932. The Morgan fingerprint density at radius 3 is 2.32 bits per heavy atom. The molecular weight excluding hydrogens is 250 g/mol. The molecule has 1 heterocycles. The SMILES string of the molecule is OCCn1c(O)cc(Cc2ccc(O)cc2O)c1O. The third-order valence-electron chi connectivity index (χ3n) is 2.90. The Kier molecular flexibility index (Phi) is 3.52. The molecule has 1 aromatic carbocycles. The first-order valence-electron chi connectivity index (χ1n) is 5.75. The van der Waals surface area contributed by atoms with E-state index in [2.05, 4.69) is 0 Å². The predicted molar refractivity (Wildman–Crippen MR) is 67.4 cm³/mol. The summed E-state index contributed by atoms with van der Waals surface area (Å²) in [5.74, 6) is -0.446. The number of aromatic nitrogens is 1. The number of hydrogen-bond donors (Lipinski definition) is 5. The Morgan fingerprint density at radius 2 is 1.68 bits per heavy atom. The molecule has 0 fully saturated rings. The van der Waals surface area contributed by atoms with Crippen molar-refractivity contribution >= 4 is 0 Å². The summed E-state index contributed by atoms with van der Waals surface area (Å²) in [6.45, 7) is -0.126. The van der Waals surface area contributed by atoms with E-state index in [1.54, 1.807) is 0 Å². The van der Waals surface area contributed by atoms with Crippen molar-refractivity contribution < 1.29 is 25.5 Å². The van der Waals surface area contributed by atoms with Crippen LogP contribution in [-0.4, -0.2) is 36.7 Å². The normalized spacial score (nSPS) is 10.8. The maximum atomic E-state index is 9.91. The average Bonchev–Trinajstić information content (AvgIpc) is 2.61. The molecule has 0 spiro atoms. The highest BCUT2D eigenvalue weighted by molar-refractivity contribution is 5.45. The minimum Gasteiger partial charge on any atom is -0.508 e. The van der Waals surface area contributed by atoms with Gasteiger partial charge in [-0.05, 0) is 11.6 Å². The molecule has 0 atom stereocenters. The van der Waals surface area contributed by atoms with Gasteiger partial charge in [0, 0.05) is 24.1 Å². The largest absolute Gasteiger partial charge is 0.508 e. The van der Waals surface area contributed by atoms with Crippen LogP contribution in [0, 0.1) is 0 Å². The highest BCUT2D eigenvalue weighted by Gasteiger charge is 2.15. The minimum atomic E-state index is -0.209. The number of nitrogens with zero attached hydrogens (tertiary/aromatic N) is 1. The molecule has 2 aromatic rings. The van der Waals surface area contributed by atoms with E-state index < -0.39 is 0 Å². The summed E-state index contributed by atoms with van der Waals surface area (Å²) in [7, 11) is 0. The Bertz CT molecular complexity index is 591. The number of phenolic OH excluding ortho intramolecular Hbond substituents is 2. The first kappa shape index (κ1) is 13.1. The van der Waals surface area contributed by atoms with Gasteiger partial charge in [0.1, 0.15) is 11.5 Å². The second kappa shape index (κ2) is 5.11. The molecular formula is C13H15NO5. The summed E-state index contributed by atoms with van der Waals surface area (Å²) in [5, 5.41) is 47.2. The van der Waals surface area contributed by atoms with E-state index in [9.17, 15) is 20.4 Å². The number of hydrogen-bond acceptors (Lipinski definition) is 5. The third kappa shape index (κ3) is 2.58. The fraction of sp³-hybridized carbons (Fsp3) is 0.231. The van der Waals surface area contributed by atoms with Crippen molar-refractivity contribution in [2.24, 2.45) is 0 Å². The summed E-state index contributed by atoms with van der Waals surface area (Å²) in [6, 6.07) is 5.54. The monoisotopic (exact) mass is 265 g/mol. The number of rotatable bonds is 4. The molecule has 0 amide bonds. The Hall–Kier alpha value is -2.34. The van der Waals surface area contributed by atoms with E-state index >= 15 is 0 Å². The van der Waals surface area contributed by atoms with Crippen LogP contribution in [0.2, 0.25) is 0 Å². The van der Waals surface area contributed by atoms with Crippen LogP contribution in [0.25, 0.3) is 0 Å². The van der Waals surface area contributed by atoms with Gasteiger partial charge in [0.2, 0.25) is 0 Å². The zero-order valence-corrected chi connectivity index (χ0v) is 10.1. The number of benzene rings is 1. The maximum Gasteiger partial charge on any atom is 0.197 e. The van der Waals surface area contributed by atoms with Crippen molar-refractivity contribution in [3.05, 3.63) is 35.4 Å². The van der Waals surface area contributed by atoms with Gasteiger partial charge in [0.05, 0.1) is 13.2 Å². The Labute approximate surface area is 109 Å². The van der Waals surface area contributed by atoms with E-state index in [1.807, 2.05) is 0 Å². The van der Waals surface area contributed by atoms with E-state index in [1.165, 1.54) is 28.8 Å². The van der Waals surface area contributed by atoms with E-state index in [-0.39, 0.29) is 42.8 Å². The summed E-state index contributed by atoms with van der Waals surface area (Å²) < 4.78 is 1.17. The van der Waals surface area contributed by atoms with Crippen LogP contribution < -0.4 is 0 Å². The van der Waals surface area contributed by atoms with Crippen LogP contribution in [-0.2, 0) is 13.0 Å². The molecule has 6 heteroatoms. The quantitative estimate of drug-likeness (QED) is 0.564. The third-order valence-corrected chi connectivity index (χ3v) is 2.90. The van der Waals surface area contributed by atoms with Crippen molar-refractivity contribution in [2.45, 2.75) is 13.0 Å². The van der Waals surface area contributed by atoms with Crippen molar-refractivity contribution in [2.75, 3.05) is 6.61 Å². The van der Waals surface area contributed by atoms with E-state index in [0.717, 1.165) is 0 Å². The highest BCUT2D eigenvalue weighted by Crippen LogP contribution is 2.32. The number of aliphatic hydroxyl groups excluding tert-OH is 1. The summed E-state index contributed by atoms with van der Waals surface area (Å²) in [6.07, 6.45) is 0.198. The molecule has 0 unspecified atom stereocenters. The van der Waals surface area contributed by atoms with Crippen LogP contribution in [0.3, 0.4) is 0 Å². The fourth-order valence-electron chi connectivity index (χ4n) is 1.94. The Balaban J connectivity index is 2.31.